The van der Waals surface area contributed by atoms with E-state index in [9.17, 15) is 8.42 Å². The van der Waals surface area contributed by atoms with Crippen LogP contribution in [0, 0.1) is 17.2 Å². The number of nitrogens with zero attached hydrogens (tertiary/aromatic N) is 2. The fourth-order valence-electron chi connectivity index (χ4n) is 1.01. The molecule has 0 amide bonds. The van der Waals surface area contributed by atoms with Crippen molar-refractivity contribution in [3.05, 3.63) is 0 Å². The molecule has 0 bridgehead atoms. The quantitative estimate of drug-likeness (QED) is 0.650. The van der Waals surface area contributed by atoms with Crippen LogP contribution in [0.15, 0.2) is 0 Å². The van der Waals surface area contributed by atoms with Gasteiger partial charge in [0.1, 0.15) is 0 Å². The van der Waals surface area contributed by atoms with Crippen LogP contribution in [0.5, 0.6) is 0 Å². The molecule has 6 heteroatoms. The Morgan fingerprint density at radius 1 is 1.57 bits per heavy atom. The average Bonchev–Trinajstić information content (AvgIpc) is 2.13. The highest BCUT2D eigenvalue weighted by molar-refractivity contribution is 7.89. The first-order valence-electron chi connectivity index (χ1n) is 4.41. The molecule has 1 unspecified atom stereocenters. The Bertz CT molecular complexity index is 297. The van der Waals surface area contributed by atoms with E-state index in [0.29, 0.717) is 6.54 Å². The van der Waals surface area contributed by atoms with Crippen molar-refractivity contribution in [2.75, 3.05) is 24.7 Å². The van der Waals surface area contributed by atoms with Crippen molar-refractivity contribution in [2.45, 2.75) is 13.8 Å². The minimum absolute atomic E-state index is 0.0689. The molecule has 4 nitrogen and oxygen atoms in total. The molecule has 0 rings (SSSR count). The highest BCUT2D eigenvalue weighted by Crippen LogP contribution is 2.06. The molecule has 0 aliphatic heterocycles. The topological polar surface area (TPSA) is 61.2 Å². The van der Waals surface area contributed by atoms with E-state index in [0.717, 1.165) is 0 Å². The Hall–Kier alpha value is -0.310. The summed E-state index contributed by atoms with van der Waals surface area (Å²) in [6, 6.07) is 2.00. The number of alkyl halides is 1. The normalized spacial score (nSPS) is 13.9. The summed E-state index contributed by atoms with van der Waals surface area (Å²) in [6.07, 6.45) is 0. The van der Waals surface area contributed by atoms with Gasteiger partial charge in [-0.05, 0) is 6.92 Å². The van der Waals surface area contributed by atoms with Crippen molar-refractivity contribution in [2.24, 2.45) is 5.92 Å². The lowest BCUT2D eigenvalue weighted by Crippen LogP contribution is -2.36. The molecule has 0 heterocycles. The lowest BCUT2D eigenvalue weighted by molar-refractivity contribution is 0.400. The van der Waals surface area contributed by atoms with Crippen molar-refractivity contribution in [1.82, 2.24) is 4.31 Å². The number of rotatable bonds is 6. The Kier molecular flexibility index (Phi) is 6.09. The van der Waals surface area contributed by atoms with Crippen molar-refractivity contribution in [1.29, 1.82) is 5.26 Å². The number of sulfonamides is 1. The Morgan fingerprint density at radius 2 is 2.14 bits per heavy atom. The highest BCUT2D eigenvalue weighted by Gasteiger charge is 2.21. The van der Waals surface area contributed by atoms with Crippen LogP contribution in [0.1, 0.15) is 13.8 Å². The molecule has 14 heavy (non-hydrogen) atoms. The molecule has 0 saturated heterocycles. The van der Waals surface area contributed by atoms with Crippen molar-refractivity contribution in [3.63, 3.8) is 0 Å². The maximum atomic E-state index is 11.5. The van der Waals surface area contributed by atoms with Crippen LogP contribution in [0.2, 0.25) is 0 Å². The second kappa shape index (κ2) is 6.23. The van der Waals surface area contributed by atoms with Crippen LogP contribution in [-0.4, -0.2) is 37.4 Å². The SMILES string of the molecule is CCN(CC(C)C#N)S(=O)(=O)CCCl. The molecular weight excluding hydrogens is 224 g/mol. The van der Waals surface area contributed by atoms with Gasteiger partial charge in [0.25, 0.3) is 0 Å². The lowest BCUT2D eigenvalue weighted by Gasteiger charge is -2.20. The minimum atomic E-state index is -3.28. The molecule has 1 atom stereocenters. The van der Waals surface area contributed by atoms with Crippen LogP contribution in [-0.2, 0) is 10.0 Å². The molecule has 0 aliphatic rings. The van der Waals surface area contributed by atoms with E-state index in [2.05, 4.69) is 0 Å². The van der Waals surface area contributed by atoms with Gasteiger partial charge in [0.05, 0.1) is 17.7 Å². The molecule has 0 N–H and O–H groups in total. The second-order valence-electron chi connectivity index (χ2n) is 2.99. The largest absolute Gasteiger partial charge is 0.215 e. The van der Waals surface area contributed by atoms with Gasteiger partial charge < -0.3 is 0 Å². The van der Waals surface area contributed by atoms with Crippen LogP contribution >= 0.6 is 11.6 Å². The summed E-state index contributed by atoms with van der Waals surface area (Å²) in [6.45, 7) is 4.06. The van der Waals surface area contributed by atoms with Crippen LogP contribution < -0.4 is 0 Å². The maximum Gasteiger partial charge on any atom is 0.215 e. The second-order valence-corrected chi connectivity index (χ2v) is 5.45. The van der Waals surface area contributed by atoms with Gasteiger partial charge in [-0.1, -0.05) is 6.92 Å². The van der Waals surface area contributed by atoms with Gasteiger partial charge in [-0.25, -0.2) is 12.7 Å². The van der Waals surface area contributed by atoms with Crippen LogP contribution in [0.25, 0.3) is 0 Å². The van der Waals surface area contributed by atoms with Gasteiger partial charge in [-0.3, -0.25) is 0 Å². The molecule has 82 valence electrons. The Labute approximate surface area is 90.5 Å². The Morgan fingerprint density at radius 3 is 2.50 bits per heavy atom. The molecule has 0 radical (unpaired) electrons. The fraction of sp³-hybridized carbons (Fsp3) is 0.875. The van der Waals surface area contributed by atoms with Gasteiger partial charge >= 0.3 is 0 Å². The van der Waals surface area contributed by atoms with E-state index in [-0.39, 0.29) is 24.1 Å². The molecule has 0 aromatic carbocycles. The van der Waals surface area contributed by atoms with E-state index in [1.165, 1.54) is 4.31 Å². The highest BCUT2D eigenvalue weighted by atomic mass is 35.5. The summed E-state index contributed by atoms with van der Waals surface area (Å²) in [5.74, 6) is -0.277. The van der Waals surface area contributed by atoms with Crippen LogP contribution in [0.4, 0.5) is 0 Å². The smallest absolute Gasteiger partial charge is 0.212 e. The molecule has 0 aromatic rings. The van der Waals surface area contributed by atoms with E-state index in [1.807, 2.05) is 6.07 Å². The van der Waals surface area contributed by atoms with Gasteiger partial charge in [0.2, 0.25) is 10.0 Å². The fourth-order valence-corrected chi connectivity index (χ4v) is 2.89. The van der Waals surface area contributed by atoms with Crippen molar-refractivity contribution >= 4 is 21.6 Å². The van der Waals surface area contributed by atoms with Crippen LogP contribution in [0.3, 0.4) is 0 Å². The zero-order valence-electron chi connectivity index (χ0n) is 8.40. The first-order chi connectivity index (χ1) is 6.47. The van der Waals surface area contributed by atoms with Gasteiger partial charge in [0.15, 0.2) is 0 Å². The predicted octanol–water partition coefficient (Wildman–Crippen LogP) is 1.04. The standard InChI is InChI=1S/C8H15ClN2O2S/c1-3-11(7-8(2)6-10)14(12,13)5-4-9/h8H,3-5,7H2,1-2H3. The first kappa shape index (κ1) is 13.7. The predicted molar refractivity (Wildman–Crippen MR) is 56.5 cm³/mol. The van der Waals surface area contributed by atoms with Crippen molar-refractivity contribution in [3.8, 4) is 6.07 Å². The molecule has 0 aliphatic carbocycles. The lowest BCUT2D eigenvalue weighted by atomic mass is 10.2. The first-order valence-corrected chi connectivity index (χ1v) is 6.55. The van der Waals surface area contributed by atoms with Gasteiger partial charge in [0, 0.05) is 19.0 Å². The number of halogens is 1. The number of hydrogen-bond acceptors (Lipinski definition) is 3. The van der Waals surface area contributed by atoms with E-state index >= 15 is 0 Å². The zero-order valence-corrected chi connectivity index (χ0v) is 9.98. The third kappa shape index (κ3) is 4.27. The molecule has 0 saturated carbocycles. The zero-order chi connectivity index (χ0) is 11.2. The Balaban J connectivity index is 4.50. The summed E-state index contributed by atoms with van der Waals surface area (Å²) in [5, 5.41) is 8.58. The maximum absolute atomic E-state index is 11.5. The van der Waals surface area contributed by atoms with Gasteiger partial charge in [-0.2, -0.15) is 5.26 Å². The number of nitriles is 1. The summed E-state index contributed by atoms with van der Waals surface area (Å²) in [4.78, 5) is 0. The molecule has 0 aromatic heterocycles. The third-order valence-electron chi connectivity index (χ3n) is 1.78. The van der Waals surface area contributed by atoms with Gasteiger partial charge in [-0.15, -0.1) is 11.6 Å². The average molecular weight is 239 g/mol. The summed E-state index contributed by atoms with van der Waals surface area (Å²) in [7, 11) is -3.28. The summed E-state index contributed by atoms with van der Waals surface area (Å²) < 4.78 is 24.4. The molecule has 0 fully saturated rings. The van der Waals surface area contributed by atoms with Crippen molar-refractivity contribution < 1.29 is 8.42 Å². The third-order valence-corrected chi connectivity index (χ3v) is 4.11. The number of hydrogen-bond donors (Lipinski definition) is 0. The van der Waals surface area contributed by atoms with E-state index in [4.69, 9.17) is 16.9 Å². The molecular formula is C8H15ClN2O2S. The monoisotopic (exact) mass is 238 g/mol. The summed E-state index contributed by atoms with van der Waals surface area (Å²) in [5.41, 5.74) is 0. The van der Waals surface area contributed by atoms with E-state index in [1.54, 1.807) is 13.8 Å². The van der Waals surface area contributed by atoms with E-state index < -0.39 is 10.0 Å². The molecule has 0 spiro atoms. The minimum Gasteiger partial charge on any atom is -0.212 e. The summed E-state index contributed by atoms with van der Waals surface area (Å²) >= 11 is 5.39.